The molecule has 6 nitrogen and oxygen atoms in total. The van der Waals surface area contributed by atoms with E-state index in [1.807, 2.05) is 0 Å². The van der Waals surface area contributed by atoms with E-state index in [1.54, 1.807) is 0 Å². The summed E-state index contributed by atoms with van der Waals surface area (Å²) in [6.07, 6.45) is 21.1. The van der Waals surface area contributed by atoms with Gasteiger partial charge >= 0.3 is 5.97 Å². The molecule has 3 N–H and O–H groups in total. The van der Waals surface area contributed by atoms with Gasteiger partial charge in [-0.25, -0.2) is 9.79 Å². The van der Waals surface area contributed by atoms with Gasteiger partial charge in [-0.1, -0.05) is 96.8 Å². The molecule has 1 radical (unpaired) electrons. The van der Waals surface area contributed by atoms with Crippen LogP contribution in [0.3, 0.4) is 0 Å². The quantitative estimate of drug-likeness (QED) is 0.155. The summed E-state index contributed by atoms with van der Waals surface area (Å²) in [5, 5.41) is 18.6. The topological polar surface area (TPSA) is 99.9 Å². The number of hydrogen-bond donors (Lipinski definition) is 2. The number of amidine groups is 1. The number of aliphatic hydroxyl groups excluding tert-OH is 1. The SMILES string of the molecule is CCCCCCCCCCCCCCCCCC1=NCC[N+]1(CCO)CC(=O)O.[Na].[OH-]. The number of rotatable bonds is 20. The molecule has 1 unspecified atom stereocenters. The molecular weight excluding hydrogens is 403 g/mol. The van der Waals surface area contributed by atoms with E-state index in [0.717, 1.165) is 25.2 Å². The van der Waals surface area contributed by atoms with Gasteiger partial charge in [-0.05, 0) is 6.42 Å². The van der Waals surface area contributed by atoms with Gasteiger partial charge < -0.3 is 15.7 Å². The van der Waals surface area contributed by atoms with Gasteiger partial charge in [-0.3, -0.25) is 4.48 Å². The average Bonchev–Trinajstić information content (AvgIpc) is 3.06. The van der Waals surface area contributed by atoms with Crippen LogP contribution in [-0.4, -0.2) is 94.3 Å². The molecule has 0 aromatic carbocycles. The minimum Gasteiger partial charge on any atom is -0.870 e. The fourth-order valence-electron chi connectivity index (χ4n) is 4.56. The van der Waals surface area contributed by atoms with Crippen molar-refractivity contribution in [2.24, 2.45) is 4.99 Å². The smallest absolute Gasteiger partial charge is 0.359 e. The summed E-state index contributed by atoms with van der Waals surface area (Å²) in [7, 11) is 0. The third-order valence-corrected chi connectivity index (χ3v) is 6.34. The van der Waals surface area contributed by atoms with Crippen molar-refractivity contribution in [2.45, 2.75) is 110 Å². The van der Waals surface area contributed by atoms with Crippen LogP contribution in [0.1, 0.15) is 110 Å². The number of aliphatic carboxylic acids is 1. The van der Waals surface area contributed by atoms with Crippen LogP contribution in [0.5, 0.6) is 0 Å². The molecule has 0 aliphatic carbocycles. The second-order valence-corrected chi connectivity index (χ2v) is 8.87. The summed E-state index contributed by atoms with van der Waals surface area (Å²) >= 11 is 0. The molecule has 179 valence electrons. The molecule has 1 aliphatic rings. The second kappa shape index (κ2) is 21.8. The average molecular weight is 452 g/mol. The largest absolute Gasteiger partial charge is 0.870 e. The van der Waals surface area contributed by atoms with E-state index in [9.17, 15) is 15.0 Å². The Kier molecular flexibility index (Phi) is 23.4. The third-order valence-electron chi connectivity index (χ3n) is 6.34. The molecule has 1 atom stereocenters. The van der Waals surface area contributed by atoms with Crippen molar-refractivity contribution in [3.8, 4) is 0 Å². The fourth-order valence-corrected chi connectivity index (χ4v) is 4.56. The summed E-state index contributed by atoms with van der Waals surface area (Å²) < 4.78 is 0.366. The Bertz CT molecular complexity index is 463. The van der Waals surface area contributed by atoms with Gasteiger partial charge in [0.05, 0.1) is 13.2 Å². The molecule has 1 aliphatic heterocycles. The molecule has 0 aromatic heterocycles. The van der Waals surface area contributed by atoms with Gasteiger partial charge in [0, 0.05) is 36.0 Å². The van der Waals surface area contributed by atoms with Crippen LogP contribution in [0.15, 0.2) is 4.99 Å². The number of nitrogens with zero attached hydrogens (tertiary/aromatic N) is 2. The Hall–Kier alpha value is 0.0200. The Labute approximate surface area is 213 Å². The molecular formula is C24H48N2NaO4. The molecule has 0 saturated carbocycles. The number of aliphatic imine (C=N–C) groups is 1. The zero-order valence-electron chi connectivity index (χ0n) is 20.5. The van der Waals surface area contributed by atoms with E-state index in [2.05, 4.69) is 11.9 Å². The van der Waals surface area contributed by atoms with E-state index >= 15 is 0 Å². The Balaban J connectivity index is 0. The fraction of sp³-hybridized carbons (Fsp3) is 0.917. The first-order valence-electron chi connectivity index (χ1n) is 12.4. The van der Waals surface area contributed by atoms with Crippen LogP contribution >= 0.6 is 0 Å². The second-order valence-electron chi connectivity index (χ2n) is 8.87. The van der Waals surface area contributed by atoms with Crippen molar-refractivity contribution < 1.29 is 25.0 Å². The first kappa shape index (κ1) is 33.2. The van der Waals surface area contributed by atoms with Gasteiger partial charge in [0.1, 0.15) is 13.1 Å². The van der Waals surface area contributed by atoms with E-state index in [-0.39, 0.29) is 48.2 Å². The standard InChI is InChI=1S/C24H46N2O3.Na.H2O/c1-2-3-4-5-6-7-8-9-10-11-12-13-14-15-16-17-23-25-18-19-26(23,20-21-27)22-24(28)29;;/h27H,2-22H2,1H3;;1H2. The van der Waals surface area contributed by atoms with Crippen LogP contribution < -0.4 is 0 Å². The maximum absolute atomic E-state index is 11.2. The maximum Gasteiger partial charge on any atom is 0.359 e. The minimum absolute atomic E-state index is 0. The van der Waals surface area contributed by atoms with Gasteiger partial charge in [0.25, 0.3) is 0 Å². The predicted octanol–water partition coefficient (Wildman–Crippen LogP) is 5.00. The van der Waals surface area contributed by atoms with Crippen molar-refractivity contribution in [3.63, 3.8) is 0 Å². The van der Waals surface area contributed by atoms with Crippen molar-refractivity contribution in [1.82, 2.24) is 0 Å². The molecule has 0 saturated heterocycles. The molecule has 0 aromatic rings. The van der Waals surface area contributed by atoms with Crippen LogP contribution in [0.4, 0.5) is 0 Å². The monoisotopic (exact) mass is 451 g/mol. The molecule has 1 heterocycles. The van der Waals surface area contributed by atoms with Gasteiger partial charge in [-0.2, -0.15) is 0 Å². The Morgan fingerprint density at radius 1 is 0.871 bits per heavy atom. The summed E-state index contributed by atoms with van der Waals surface area (Å²) in [4.78, 5) is 15.8. The van der Waals surface area contributed by atoms with E-state index < -0.39 is 5.97 Å². The number of aliphatic hydroxyl groups is 1. The Morgan fingerprint density at radius 2 is 1.32 bits per heavy atom. The molecule has 1 rings (SSSR count). The summed E-state index contributed by atoms with van der Waals surface area (Å²) in [6.45, 7) is 4.24. The number of quaternary nitrogens is 1. The van der Waals surface area contributed by atoms with E-state index in [1.165, 1.54) is 89.9 Å². The number of carboxylic acids is 1. The van der Waals surface area contributed by atoms with Crippen LogP contribution in [0.2, 0.25) is 0 Å². The van der Waals surface area contributed by atoms with Crippen LogP contribution in [0, 0.1) is 0 Å². The van der Waals surface area contributed by atoms with Crippen molar-refractivity contribution >= 4 is 41.4 Å². The normalized spacial score (nSPS) is 17.7. The number of hydrogen-bond acceptors (Lipinski definition) is 4. The van der Waals surface area contributed by atoms with Crippen LogP contribution in [-0.2, 0) is 4.79 Å². The first-order chi connectivity index (χ1) is 14.1. The number of carbonyl (C=O) groups is 1. The zero-order valence-corrected chi connectivity index (χ0v) is 22.5. The van der Waals surface area contributed by atoms with E-state index in [4.69, 9.17) is 0 Å². The van der Waals surface area contributed by atoms with Crippen LogP contribution in [0.25, 0.3) is 0 Å². The minimum atomic E-state index is -0.801. The van der Waals surface area contributed by atoms with Gasteiger partial charge in [0.15, 0.2) is 12.4 Å². The van der Waals surface area contributed by atoms with Crippen molar-refractivity contribution in [2.75, 3.05) is 32.8 Å². The summed E-state index contributed by atoms with van der Waals surface area (Å²) in [6, 6.07) is 0. The summed E-state index contributed by atoms with van der Waals surface area (Å²) in [5.41, 5.74) is 0. The first-order valence-corrected chi connectivity index (χ1v) is 12.4. The zero-order chi connectivity index (χ0) is 21.2. The molecule has 0 bridgehead atoms. The van der Waals surface area contributed by atoms with Crippen molar-refractivity contribution in [3.05, 3.63) is 0 Å². The summed E-state index contributed by atoms with van der Waals surface area (Å²) in [5.74, 6) is 0.195. The molecule has 0 amide bonds. The maximum atomic E-state index is 11.2. The van der Waals surface area contributed by atoms with Gasteiger partial charge in [0.2, 0.25) is 0 Å². The number of unbranched alkanes of at least 4 members (excludes halogenated alkanes) is 14. The molecule has 0 spiro atoms. The predicted molar refractivity (Wildman–Crippen MR) is 129 cm³/mol. The third kappa shape index (κ3) is 15.5. The van der Waals surface area contributed by atoms with E-state index in [0.29, 0.717) is 17.6 Å². The molecule has 31 heavy (non-hydrogen) atoms. The molecule has 7 heteroatoms. The van der Waals surface area contributed by atoms with Gasteiger partial charge in [-0.15, -0.1) is 0 Å². The Morgan fingerprint density at radius 3 is 1.74 bits per heavy atom. The van der Waals surface area contributed by atoms with Crippen molar-refractivity contribution in [1.29, 1.82) is 0 Å². The molecule has 0 fully saturated rings. The number of carboxylic acid groups (broad SMARTS) is 1.